The Balaban J connectivity index is 1.82. The van der Waals surface area contributed by atoms with E-state index in [0.29, 0.717) is 18.8 Å². The van der Waals surface area contributed by atoms with Crippen LogP contribution in [0.25, 0.3) is 0 Å². The van der Waals surface area contributed by atoms with Gasteiger partial charge in [0.2, 0.25) is 0 Å². The molecule has 0 bridgehead atoms. The number of ether oxygens (including phenoxy) is 1. The molecule has 3 N–H and O–H groups in total. The van der Waals surface area contributed by atoms with Gasteiger partial charge in [0.05, 0.1) is 12.7 Å². The van der Waals surface area contributed by atoms with Crippen molar-refractivity contribution in [2.24, 2.45) is 0 Å². The number of rotatable bonds is 3. The maximum Gasteiger partial charge on any atom is 0.126 e. The summed E-state index contributed by atoms with van der Waals surface area (Å²) in [5.41, 5.74) is 7.82. The molecule has 0 amide bonds. The smallest absolute Gasteiger partial charge is 0.126 e. The minimum Gasteiger partial charge on any atom is -0.493 e. The summed E-state index contributed by atoms with van der Waals surface area (Å²) in [6.45, 7) is 0.640. The monoisotopic (exact) mass is 270 g/mol. The Bertz CT molecular complexity index is 601. The zero-order valence-electron chi connectivity index (χ0n) is 11.2. The molecular formula is C16H18N2O2. The molecule has 2 heterocycles. The summed E-state index contributed by atoms with van der Waals surface area (Å²) in [7, 11) is 0. The van der Waals surface area contributed by atoms with Gasteiger partial charge in [-0.2, -0.15) is 0 Å². The Morgan fingerprint density at radius 2 is 2.15 bits per heavy atom. The number of hydrogen-bond donors (Lipinski definition) is 2. The van der Waals surface area contributed by atoms with E-state index < -0.39 is 6.10 Å². The van der Waals surface area contributed by atoms with Crippen LogP contribution in [0.3, 0.4) is 0 Å². The lowest BCUT2D eigenvalue weighted by molar-refractivity contribution is 0.116. The number of pyridine rings is 1. The lowest BCUT2D eigenvalue weighted by Gasteiger charge is -2.29. The van der Waals surface area contributed by atoms with Gasteiger partial charge in [-0.25, -0.2) is 4.98 Å². The fourth-order valence-electron chi connectivity index (χ4n) is 2.76. The third-order valence-electron chi connectivity index (χ3n) is 3.82. The van der Waals surface area contributed by atoms with Gasteiger partial charge in [-0.3, -0.25) is 0 Å². The van der Waals surface area contributed by atoms with Crippen LogP contribution in [0.1, 0.15) is 23.5 Å². The first-order valence-electron chi connectivity index (χ1n) is 6.85. The first-order valence-corrected chi connectivity index (χ1v) is 6.85. The largest absolute Gasteiger partial charge is 0.493 e. The van der Waals surface area contributed by atoms with Gasteiger partial charge >= 0.3 is 0 Å². The van der Waals surface area contributed by atoms with Crippen molar-refractivity contribution in [2.75, 3.05) is 12.3 Å². The molecule has 0 radical (unpaired) electrons. The highest BCUT2D eigenvalue weighted by Crippen LogP contribution is 2.36. The van der Waals surface area contributed by atoms with E-state index in [1.54, 1.807) is 6.20 Å². The van der Waals surface area contributed by atoms with Crippen LogP contribution in [-0.4, -0.2) is 22.8 Å². The molecule has 3 rings (SSSR count). The molecule has 2 atom stereocenters. The second kappa shape index (κ2) is 5.51. The molecule has 4 heteroatoms. The molecule has 1 aliphatic heterocycles. The van der Waals surface area contributed by atoms with E-state index in [-0.39, 0.29) is 5.92 Å². The van der Waals surface area contributed by atoms with Gasteiger partial charge in [0.25, 0.3) is 0 Å². The van der Waals surface area contributed by atoms with Gasteiger partial charge in [-0.15, -0.1) is 0 Å². The third kappa shape index (κ3) is 2.47. The van der Waals surface area contributed by atoms with Crippen molar-refractivity contribution in [2.45, 2.75) is 24.9 Å². The molecular weight excluding hydrogens is 252 g/mol. The molecule has 0 spiro atoms. The number of benzene rings is 1. The summed E-state index contributed by atoms with van der Waals surface area (Å²) >= 11 is 0. The summed E-state index contributed by atoms with van der Waals surface area (Å²) < 4.78 is 5.63. The maximum absolute atomic E-state index is 10.6. The highest BCUT2D eigenvalue weighted by molar-refractivity contribution is 5.41. The molecule has 0 fully saturated rings. The minimum absolute atomic E-state index is 0.0829. The molecule has 2 unspecified atom stereocenters. The van der Waals surface area contributed by atoms with Crippen molar-refractivity contribution in [3.63, 3.8) is 0 Å². The number of nitrogens with two attached hydrogens (primary N) is 1. The summed E-state index contributed by atoms with van der Waals surface area (Å²) in [4.78, 5) is 4.06. The summed E-state index contributed by atoms with van der Waals surface area (Å²) in [5, 5.41) is 10.6. The summed E-state index contributed by atoms with van der Waals surface area (Å²) in [6.07, 6.45) is 2.51. The molecule has 0 saturated carbocycles. The zero-order chi connectivity index (χ0) is 13.9. The number of aliphatic hydroxyl groups excluding tert-OH is 1. The molecule has 4 nitrogen and oxygen atoms in total. The molecule has 104 valence electrons. The van der Waals surface area contributed by atoms with Crippen LogP contribution in [0.5, 0.6) is 5.75 Å². The van der Waals surface area contributed by atoms with Crippen molar-refractivity contribution in [1.82, 2.24) is 4.98 Å². The summed E-state index contributed by atoms with van der Waals surface area (Å²) in [5.74, 6) is 1.45. The van der Waals surface area contributed by atoms with Crippen molar-refractivity contribution in [3.05, 3.63) is 53.7 Å². The molecule has 1 aromatic heterocycles. The molecule has 1 aliphatic rings. The number of anilines is 1. The SMILES string of the molecule is Nc1ncccc1CC(O)C1CCOc2ccccc21. The number of aliphatic hydroxyl groups is 1. The van der Waals surface area contributed by atoms with E-state index in [2.05, 4.69) is 4.98 Å². The molecule has 2 aromatic rings. The lowest BCUT2D eigenvalue weighted by atomic mass is 9.85. The van der Waals surface area contributed by atoms with E-state index in [1.165, 1.54) is 0 Å². The molecule has 0 saturated heterocycles. The fraction of sp³-hybridized carbons (Fsp3) is 0.312. The fourth-order valence-corrected chi connectivity index (χ4v) is 2.76. The Morgan fingerprint density at radius 3 is 3.00 bits per heavy atom. The van der Waals surface area contributed by atoms with Crippen molar-refractivity contribution >= 4 is 5.82 Å². The van der Waals surface area contributed by atoms with Gasteiger partial charge in [0, 0.05) is 18.5 Å². The van der Waals surface area contributed by atoms with E-state index in [9.17, 15) is 5.11 Å². The Kier molecular flexibility index (Phi) is 3.56. The van der Waals surface area contributed by atoms with Gasteiger partial charge in [0.15, 0.2) is 0 Å². The maximum atomic E-state index is 10.6. The highest BCUT2D eigenvalue weighted by atomic mass is 16.5. The molecule has 20 heavy (non-hydrogen) atoms. The number of fused-ring (bicyclic) bond motifs is 1. The van der Waals surface area contributed by atoms with Crippen LogP contribution in [-0.2, 0) is 6.42 Å². The minimum atomic E-state index is -0.480. The van der Waals surface area contributed by atoms with E-state index >= 15 is 0 Å². The van der Waals surface area contributed by atoms with Crippen LogP contribution < -0.4 is 10.5 Å². The lowest BCUT2D eigenvalue weighted by Crippen LogP contribution is -2.27. The van der Waals surface area contributed by atoms with Crippen LogP contribution in [0.4, 0.5) is 5.82 Å². The average molecular weight is 270 g/mol. The number of hydrogen-bond acceptors (Lipinski definition) is 4. The van der Waals surface area contributed by atoms with Crippen LogP contribution in [0.15, 0.2) is 42.6 Å². The van der Waals surface area contributed by atoms with Gasteiger partial charge in [-0.1, -0.05) is 24.3 Å². The van der Waals surface area contributed by atoms with Crippen molar-refractivity contribution in [3.8, 4) is 5.75 Å². The predicted octanol–water partition coefficient (Wildman–Crippen LogP) is 2.13. The van der Waals surface area contributed by atoms with Crippen molar-refractivity contribution in [1.29, 1.82) is 0 Å². The zero-order valence-corrected chi connectivity index (χ0v) is 11.2. The van der Waals surface area contributed by atoms with Crippen LogP contribution >= 0.6 is 0 Å². The Hall–Kier alpha value is -2.07. The topological polar surface area (TPSA) is 68.4 Å². The van der Waals surface area contributed by atoms with E-state index in [0.717, 1.165) is 23.3 Å². The number of nitrogens with zero attached hydrogens (tertiary/aromatic N) is 1. The quantitative estimate of drug-likeness (QED) is 0.896. The summed E-state index contributed by atoms with van der Waals surface area (Å²) in [6, 6.07) is 11.7. The van der Waals surface area contributed by atoms with E-state index in [1.807, 2.05) is 36.4 Å². The number of aromatic nitrogens is 1. The molecule has 0 aliphatic carbocycles. The predicted molar refractivity (Wildman–Crippen MR) is 77.7 cm³/mol. The standard InChI is InChI=1S/C16H18N2O2/c17-16-11(4-3-8-18-16)10-14(19)12-7-9-20-15-6-2-1-5-13(12)15/h1-6,8,12,14,19H,7,9-10H2,(H2,17,18). The Labute approximate surface area is 118 Å². The highest BCUT2D eigenvalue weighted by Gasteiger charge is 2.28. The van der Waals surface area contributed by atoms with Gasteiger partial charge < -0.3 is 15.6 Å². The second-order valence-electron chi connectivity index (χ2n) is 5.10. The molecule has 1 aromatic carbocycles. The second-order valence-corrected chi connectivity index (χ2v) is 5.10. The Morgan fingerprint density at radius 1 is 1.30 bits per heavy atom. The van der Waals surface area contributed by atoms with Crippen LogP contribution in [0, 0.1) is 0 Å². The number of nitrogen functional groups attached to an aromatic ring is 1. The first-order chi connectivity index (χ1) is 9.75. The third-order valence-corrected chi connectivity index (χ3v) is 3.82. The normalized spacial score (nSPS) is 18.9. The average Bonchev–Trinajstić information content (AvgIpc) is 2.49. The van der Waals surface area contributed by atoms with Gasteiger partial charge in [-0.05, 0) is 29.7 Å². The first kappa shape index (κ1) is 12.9. The van der Waals surface area contributed by atoms with E-state index in [4.69, 9.17) is 10.5 Å². The number of para-hydroxylation sites is 1. The van der Waals surface area contributed by atoms with Crippen LogP contribution in [0.2, 0.25) is 0 Å². The van der Waals surface area contributed by atoms with Gasteiger partial charge in [0.1, 0.15) is 11.6 Å². The van der Waals surface area contributed by atoms with Crippen molar-refractivity contribution < 1.29 is 9.84 Å².